The smallest absolute Gasteiger partial charge is 0.257 e. The standard InChI is InChI=1S/C17H17Cl2N3OS/c1-22(24-2)16-8-14(15(19)9-20-16)17(23)21-13-6-11(10-3-4-10)5-12(18)7-13/h5-10H,3-4H2,1-2H3,(H,21,23). The molecule has 7 heteroatoms. The van der Waals surface area contributed by atoms with Crippen LogP contribution in [0.4, 0.5) is 11.5 Å². The number of aromatic nitrogens is 1. The summed E-state index contributed by atoms with van der Waals surface area (Å²) < 4.78 is 1.86. The van der Waals surface area contributed by atoms with Crippen LogP contribution in [-0.2, 0) is 0 Å². The van der Waals surface area contributed by atoms with Gasteiger partial charge in [0.25, 0.3) is 5.91 Å². The minimum atomic E-state index is -0.276. The number of benzene rings is 1. The van der Waals surface area contributed by atoms with Crippen LogP contribution in [0, 0.1) is 0 Å². The van der Waals surface area contributed by atoms with Gasteiger partial charge < -0.3 is 9.62 Å². The fourth-order valence-electron chi connectivity index (χ4n) is 2.40. The Morgan fingerprint density at radius 3 is 2.71 bits per heavy atom. The van der Waals surface area contributed by atoms with Gasteiger partial charge in [-0.15, -0.1) is 0 Å². The van der Waals surface area contributed by atoms with Crippen molar-refractivity contribution in [2.45, 2.75) is 18.8 Å². The number of hydrogen-bond acceptors (Lipinski definition) is 4. The van der Waals surface area contributed by atoms with Crippen molar-refractivity contribution in [1.82, 2.24) is 4.98 Å². The molecule has 1 aromatic carbocycles. The summed E-state index contributed by atoms with van der Waals surface area (Å²) in [4.78, 5) is 16.8. The second-order valence-electron chi connectivity index (χ2n) is 5.70. The Kier molecular flexibility index (Phi) is 5.23. The minimum absolute atomic E-state index is 0.276. The predicted octanol–water partition coefficient (Wildman–Crippen LogP) is 5.23. The second kappa shape index (κ2) is 7.21. The van der Waals surface area contributed by atoms with E-state index in [1.54, 1.807) is 12.1 Å². The van der Waals surface area contributed by atoms with E-state index in [1.807, 2.05) is 29.7 Å². The van der Waals surface area contributed by atoms with Gasteiger partial charge >= 0.3 is 0 Å². The normalized spacial score (nSPS) is 13.7. The number of amides is 1. The largest absolute Gasteiger partial charge is 0.322 e. The third-order valence-electron chi connectivity index (χ3n) is 3.91. The number of nitrogens with one attached hydrogen (secondary N) is 1. The number of hydrogen-bond donors (Lipinski definition) is 1. The van der Waals surface area contributed by atoms with E-state index in [2.05, 4.69) is 10.3 Å². The molecule has 0 unspecified atom stereocenters. The van der Waals surface area contributed by atoms with E-state index in [1.165, 1.54) is 36.5 Å². The molecule has 1 N–H and O–H groups in total. The highest BCUT2D eigenvalue weighted by Gasteiger charge is 2.24. The van der Waals surface area contributed by atoms with Crippen LogP contribution in [0.15, 0.2) is 30.5 Å². The third kappa shape index (κ3) is 3.97. The molecule has 0 saturated heterocycles. The lowest BCUT2D eigenvalue weighted by atomic mass is 10.1. The fraction of sp³-hybridized carbons (Fsp3) is 0.294. The summed E-state index contributed by atoms with van der Waals surface area (Å²) in [5.41, 5.74) is 2.24. The van der Waals surface area contributed by atoms with Crippen LogP contribution in [0.5, 0.6) is 0 Å². The number of halogens is 2. The number of nitrogens with zero attached hydrogens (tertiary/aromatic N) is 2. The Balaban J connectivity index is 1.84. The quantitative estimate of drug-likeness (QED) is 0.719. The predicted molar refractivity (Wildman–Crippen MR) is 103 cm³/mol. The van der Waals surface area contributed by atoms with Crippen molar-refractivity contribution in [1.29, 1.82) is 0 Å². The molecule has 1 aromatic heterocycles. The van der Waals surface area contributed by atoms with E-state index in [-0.39, 0.29) is 5.91 Å². The van der Waals surface area contributed by atoms with E-state index in [4.69, 9.17) is 23.2 Å². The van der Waals surface area contributed by atoms with Gasteiger partial charge in [0, 0.05) is 30.2 Å². The maximum Gasteiger partial charge on any atom is 0.257 e. The lowest BCUT2D eigenvalue weighted by molar-refractivity contribution is 0.102. The van der Waals surface area contributed by atoms with Crippen LogP contribution < -0.4 is 9.62 Å². The first-order valence-electron chi connectivity index (χ1n) is 7.53. The van der Waals surface area contributed by atoms with Crippen LogP contribution in [0.3, 0.4) is 0 Å². The zero-order chi connectivity index (χ0) is 17.3. The Bertz CT molecular complexity index is 780. The molecular formula is C17H17Cl2N3OS. The highest BCUT2D eigenvalue weighted by atomic mass is 35.5. The van der Waals surface area contributed by atoms with E-state index in [0.29, 0.717) is 33.0 Å². The van der Waals surface area contributed by atoms with Crippen molar-refractivity contribution >= 4 is 52.6 Å². The summed E-state index contributed by atoms with van der Waals surface area (Å²) in [5, 5.41) is 3.82. The van der Waals surface area contributed by atoms with E-state index >= 15 is 0 Å². The molecule has 24 heavy (non-hydrogen) atoms. The number of carbonyl (C=O) groups is 1. The molecule has 1 saturated carbocycles. The van der Waals surface area contributed by atoms with Gasteiger partial charge in [-0.05, 0) is 48.6 Å². The highest BCUT2D eigenvalue weighted by Crippen LogP contribution is 2.42. The Morgan fingerprint density at radius 2 is 2.04 bits per heavy atom. The van der Waals surface area contributed by atoms with Gasteiger partial charge in [-0.2, -0.15) is 0 Å². The van der Waals surface area contributed by atoms with Crippen molar-refractivity contribution in [3.63, 3.8) is 0 Å². The molecule has 3 rings (SSSR count). The molecule has 1 aliphatic rings. The second-order valence-corrected chi connectivity index (χ2v) is 7.46. The highest BCUT2D eigenvalue weighted by molar-refractivity contribution is 7.99. The number of anilines is 2. The Hall–Kier alpha value is -1.43. The molecule has 1 heterocycles. The topological polar surface area (TPSA) is 45.2 Å². The number of rotatable bonds is 5. The summed E-state index contributed by atoms with van der Waals surface area (Å²) in [6.45, 7) is 0. The molecule has 4 nitrogen and oxygen atoms in total. The number of carbonyl (C=O) groups excluding carboxylic acids is 1. The minimum Gasteiger partial charge on any atom is -0.322 e. The fourth-order valence-corrected chi connectivity index (χ4v) is 3.12. The van der Waals surface area contributed by atoms with E-state index < -0.39 is 0 Å². The number of pyridine rings is 1. The summed E-state index contributed by atoms with van der Waals surface area (Å²) in [7, 11) is 1.88. The molecule has 126 valence electrons. The molecule has 1 fully saturated rings. The third-order valence-corrected chi connectivity index (χ3v) is 5.16. The van der Waals surface area contributed by atoms with Crippen molar-refractivity contribution < 1.29 is 4.79 Å². The lowest BCUT2D eigenvalue weighted by Crippen LogP contribution is -2.15. The van der Waals surface area contributed by atoms with Crippen LogP contribution in [0.1, 0.15) is 34.7 Å². The zero-order valence-electron chi connectivity index (χ0n) is 13.3. The van der Waals surface area contributed by atoms with Crippen LogP contribution in [0.2, 0.25) is 10.0 Å². The van der Waals surface area contributed by atoms with E-state index in [0.717, 1.165) is 0 Å². The molecular weight excluding hydrogens is 365 g/mol. The van der Waals surface area contributed by atoms with Crippen molar-refractivity contribution in [2.24, 2.45) is 0 Å². The summed E-state index contributed by atoms with van der Waals surface area (Å²) in [5.74, 6) is 0.953. The monoisotopic (exact) mass is 381 g/mol. The maximum absolute atomic E-state index is 12.6. The SMILES string of the molecule is CSN(C)c1cc(C(=O)Nc2cc(Cl)cc(C3CC3)c2)c(Cl)cn1. The van der Waals surface area contributed by atoms with Crippen LogP contribution in [0.25, 0.3) is 0 Å². The summed E-state index contributed by atoms with van der Waals surface area (Å²) in [6.07, 6.45) is 5.77. The first-order chi connectivity index (χ1) is 11.5. The average molecular weight is 382 g/mol. The van der Waals surface area contributed by atoms with Crippen molar-refractivity contribution in [3.8, 4) is 0 Å². The maximum atomic E-state index is 12.6. The van der Waals surface area contributed by atoms with Crippen molar-refractivity contribution in [3.05, 3.63) is 51.6 Å². The molecule has 0 radical (unpaired) electrons. The lowest BCUT2D eigenvalue weighted by Gasteiger charge is -2.15. The summed E-state index contributed by atoms with van der Waals surface area (Å²) in [6, 6.07) is 7.36. The summed E-state index contributed by atoms with van der Waals surface area (Å²) >= 11 is 13.8. The van der Waals surface area contributed by atoms with Crippen molar-refractivity contribution in [2.75, 3.05) is 22.9 Å². The van der Waals surface area contributed by atoms with Gasteiger partial charge in [0.2, 0.25) is 0 Å². The molecule has 2 aromatic rings. The first-order valence-corrected chi connectivity index (χ1v) is 9.47. The Morgan fingerprint density at radius 1 is 1.29 bits per heavy atom. The van der Waals surface area contributed by atoms with Gasteiger partial charge in [-0.3, -0.25) is 4.79 Å². The van der Waals surface area contributed by atoms with E-state index in [9.17, 15) is 4.79 Å². The molecule has 0 aliphatic heterocycles. The van der Waals surface area contributed by atoms with Gasteiger partial charge in [-0.1, -0.05) is 35.1 Å². The first kappa shape index (κ1) is 17.4. The average Bonchev–Trinajstić information content (AvgIpc) is 3.38. The molecule has 0 spiro atoms. The van der Waals surface area contributed by atoms with Gasteiger partial charge in [0.05, 0.1) is 10.6 Å². The van der Waals surface area contributed by atoms with Gasteiger partial charge in [-0.25, -0.2) is 4.98 Å². The molecule has 0 bridgehead atoms. The molecule has 0 atom stereocenters. The van der Waals surface area contributed by atoms with Crippen LogP contribution >= 0.6 is 35.1 Å². The molecule has 1 amide bonds. The van der Waals surface area contributed by atoms with Gasteiger partial charge in [0.15, 0.2) is 0 Å². The van der Waals surface area contributed by atoms with Gasteiger partial charge in [0.1, 0.15) is 5.82 Å². The van der Waals surface area contributed by atoms with Crippen LogP contribution in [-0.4, -0.2) is 24.2 Å². The Labute approximate surface area is 155 Å². The zero-order valence-corrected chi connectivity index (χ0v) is 15.7. The molecule has 1 aliphatic carbocycles.